The molecule has 0 radical (unpaired) electrons. The first-order chi connectivity index (χ1) is 12.1. The Morgan fingerprint density at radius 1 is 1.04 bits per heavy atom. The normalized spacial score (nSPS) is 21.9. The maximum atomic E-state index is 11.6. The van der Waals surface area contributed by atoms with E-state index in [0.29, 0.717) is 0 Å². The van der Waals surface area contributed by atoms with Crippen LogP contribution < -0.4 is 10.6 Å². The van der Waals surface area contributed by atoms with Crippen molar-refractivity contribution in [1.29, 1.82) is 0 Å². The number of carbonyl (C=O) groups excluding carboxylic acids is 1. The molecular formula is C18H32N2O6. The van der Waals surface area contributed by atoms with Crippen LogP contribution in [0.25, 0.3) is 0 Å². The molecule has 8 heteroatoms. The highest BCUT2D eigenvalue weighted by molar-refractivity contribution is 5.80. The summed E-state index contributed by atoms with van der Waals surface area (Å²) in [6, 6.07) is -1.10. The summed E-state index contributed by atoms with van der Waals surface area (Å²) in [6.45, 7) is 6.12. The van der Waals surface area contributed by atoms with Gasteiger partial charge in [-0.25, -0.2) is 9.59 Å². The van der Waals surface area contributed by atoms with Gasteiger partial charge >= 0.3 is 18.0 Å². The minimum Gasteiger partial charge on any atom is -0.480 e. The largest absolute Gasteiger partial charge is 0.480 e. The maximum Gasteiger partial charge on any atom is 0.408 e. The number of ether oxygens (including phenoxy) is 1. The Morgan fingerprint density at radius 2 is 1.65 bits per heavy atom. The fourth-order valence-electron chi connectivity index (χ4n) is 3.18. The van der Waals surface area contributed by atoms with Gasteiger partial charge in [0.25, 0.3) is 0 Å². The molecule has 0 aromatic rings. The zero-order valence-corrected chi connectivity index (χ0v) is 15.9. The van der Waals surface area contributed by atoms with E-state index >= 15 is 0 Å². The third-order valence-electron chi connectivity index (χ3n) is 4.42. The molecule has 1 aliphatic carbocycles. The standard InChI is InChI=1S/C13H23NO4.C5H9NO2/c1-13(2,3)18-12(17)14-10(11(15)16)9-7-5-4-6-8-9;7-5(8)4-2-1-3-6-4/h9-10H,4-8H2,1-3H3,(H,14,17)(H,15,16);4,6H,1-3H2,(H,7,8)/t10-;4-/m10/s1. The smallest absolute Gasteiger partial charge is 0.408 e. The van der Waals surface area contributed by atoms with E-state index in [0.717, 1.165) is 51.5 Å². The molecule has 0 spiro atoms. The predicted octanol–water partition coefficient (Wildman–Crippen LogP) is 2.37. The van der Waals surface area contributed by atoms with Crippen LogP contribution in [-0.2, 0) is 14.3 Å². The second-order valence-corrected chi connectivity index (χ2v) is 7.85. The van der Waals surface area contributed by atoms with Gasteiger partial charge in [-0.15, -0.1) is 0 Å². The van der Waals surface area contributed by atoms with Gasteiger partial charge in [0.1, 0.15) is 17.7 Å². The number of hydrogen-bond donors (Lipinski definition) is 4. The molecule has 1 saturated heterocycles. The number of nitrogens with one attached hydrogen (secondary N) is 2. The van der Waals surface area contributed by atoms with Crippen molar-refractivity contribution in [3.63, 3.8) is 0 Å². The van der Waals surface area contributed by atoms with Crippen molar-refractivity contribution in [1.82, 2.24) is 10.6 Å². The van der Waals surface area contributed by atoms with Gasteiger partial charge < -0.3 is 25.6 Å². The minimum absolute atomic E-state index is 0.0174. The summed E-state index contributed by atoms with van der Waals surface area (Å²) < 4.78 is 5.10. The molecule has 0 unspecified atom stereocenters. The third kappa shape index (κ3) is 8.51. The van der Waals surface area contributed by atoms with Crippen molar-refractivity contribution in [2.24, 2.45) is 5.92 Å². The van der Waals surface area contributed by atoms with Gasteiger partial charge in [-0.2, -0.15) is 0 Å². The number of amides is 1. The lowest BCUT2D eigenvalue weighted by atomic mass is 9.84. The zero-order valence-electron chi connectivity index (χ0n) is 15.9. The van der Waals surface area contributed by atoms with E-state index in [1.54, 1.807) is 20.8 Å². The lowest BCUT2D eigenvalue weighted by Gasteiger charge is -2.29. The summed E-state index contributed by atoms with van der Waals surface area (Å²) in [5.41, 5.74) is -0.611. The van der Waals surface area contributed by atoms with Gasteiger partial charge in [-0.3, -0.25) is 4.79 Å². The molecule has 1 aliphatic heterocycles. The van der Waals surface area contributed by atoms with Gasteiger partial charge in [0.2, 0.25) is 0 Å². The quantitative estimate of drug-likeness (QED) is 0.597. The van der Waals surface area contributed by atoms with Gasteiger partial charge in [-0.1, -0.05) is 19.3 Å². The van der Waals surface area contributed by atoms with Gasteiger partial charge in [0.15, 0.2) is 0 Å². The van der Waals surface area contributed by atoms with Crippen LogP contribution in [0.3, 0.4) is 0 Å². The summed E-state index contributed by atoms with van der Waals surface area (Å²) in [4.78, 5) is 33.0. The number of rotatable bonds is 4. The van der Waals surface area contributed by atoms with Crippen LogP contribution in [0.2, 0.25) is 0 Å². The first kappa shape index (κ1) is 22.2. The van der Waals surface area contributed by atoms with E-state index < -0.39 is 29.7 Å². The molecule has 8 nitrogen and oxygen atoms in total. The number of carboxylic acid groups (broad SMARTS) is 2. The number of carbonyl (C=O) groups is 3. The molecule has 1 amide bonds. The van der Waals surface area contributed by atoms with Crippen LogP contribution in [-0.4, -0.2) is 52.5 Å². The first-order valence-corrected chi connectivity index (χ1v) is 9.28. The monoisotopic (exact) mass is 372 g/mol. The molecule has 0 bridgehead atoms. The summed E-state index contributed by atoms with van der Waals surface area (Å²) in [6.07, 6.45) is 6.05. The highest BCUT2D eigenvalue weighted by atomic mass is 16.6. The predicted molar refractivity (Wildman–Crippen MR) is 96.0 cm³/mol. The molecule has 1 heterocycles. The summed E-state index contributed by atoms with van der Waals surface area (Å²) in [5.74, 6) is -1.68. The van der Waals surface area contributed by atoms with E-state index in [9.17, 15) is 19.5 Å². The Balaban J connectivity index is 0.000000350. The molecule has 2 atom stereocenters. The number of alkyl carbamates (subject to hydrolysis) is 1. The Kier molecular flexibility index (Phi) is 8.84. The van der Waals surface area contributed by atoms with Crippen LogP contribution in [0.4, 0.5) is 4.79 Å². The van der Waals surface area contributed by atoms with Crippen LogP contribution in [0, 0.1) is 5.92 Å². The lowest BCUT2D eigenvalue weighted by Crippen LogP contribution is -2.48. The van der Waals surface area contributed by atoms with Gasteiger partial charge in [0.05, 0.1) is 0 Å². The molecule has 26 heavy (non-hydrogen) atoms. The second kappa shape index (κ2) is 10.4. The van der Waals surface area contributed by atoms with Crippen molar-refractivity contribution in [2.45, 2.75) is 83.4 Å². The van der Waals surface area contributed by atoms with Crippen LogP contribution >= 0.6 is 0 Å². The molecule has 0 aromatic heterocycles. The Morgan fingerprint density at radius 3 is 2.04 bits per heavy atom. The molecule has 0 aromatic carbocycles. The number of aliphatic carboxylic acids is 2. The Bertz CT molecular complexity index is 477. The summed E-state index contributed by atoms with van der Waals surface area (Å²) in [5, 5.41) is 22.9. The number of hydrogen-bond acceptors (Lipinski definition) is 5. The van der Waals surface area contributed by atoms with Crippen molar-refractivity contribution >= 4 is 18.0 Å². The van der Waals surface area contributed by atoms with Crippen molar-refractivity contribution < 1.29 is 29.3 Å². The number of carboxylic acids is 2. The van der Waals surface area contributed by atoms with Crippen molar-refractivity contribution in [2.75, 3.05) is 6.54 Å². The van der Waals surface area contributed by atoms with Crippen LogP contribution in [0.1, 0.15) is 65.7 Å². The highest BCUT2D eigenvalue weighted by Gasteiger charge is 2.32. The molecule has 2 fully saturated rings. The Labute approximate surface area is 154 Å². The molecule has 150 valence electrons. The maximum absolute atomic E-state index is 11.6. The van der Waals surface area contributed by atoms with Crippen molar-refractivity contribution in [3.8, 4) is 0 Å². The molecule has 4 N–H and O–H groups in total. The minimum atomic E-state index is -0.979. The van der Waals surface area contributed by atoms with E-state index in [1.165, 1.54) is 0 Å². The lowest BCUT2D eigenvalue weighted by molar-refractivity contribution is -0.141. The van der Waals surface area contributed by atoms with Crippen LogP contribution in [0.5, 0.6) is 0 Å². The zero-order chi connectivity index (χ0) is 19.7. The van der Waals surface area contributed by atoms with E-state index in [2.05, 4.69) is 10.6 Å². The second-order valence-electron chi connectivity index (χ2n) is 7.85. The summed E-state index contributed by atoms with van der Waals surface area (Å²) >= 11 is 0. The SMILES string of the molecule is CC(C)(C)OC(=O)N[C@@H](C(=O)O)C1CCCCC1.O=C(O)[C@@H]1CCCN1. The molecule has 2 rings (SSSR count). The average Bonchev–Trinajstić information content (AvgIpc) is 3.07. The third-order valence-corrected chi connectivity index (χ3v) is 4.42. The first-order valence-electron chi connectivity index (χ1n) is 9.28. The highest BCUT2D eigenvalue weighted by Crippen LogP contribution is 2.26. The van der Waals surface area contributed by atoms with E-state index in [-0.39, 0.29) is 12.0 Å². The molecular weight excluding hydrogens is 340 g/mol. The van der Waals surface area contributed by atoms with E-state index in [1.807, 2.05) is 0 Å². The van der Waals surface area contributed by atoms with Gasteiger partial charge in [0, 0.05) is 0 Å². The fourth-order valence-corrected chi connectivity index (χ4v) is 3.18. The molecule has 1 saturated carbocycles. The summed E-state index contributed by atoms with van der Waals surface area (Å²) in [7, 11) is 0. The Hall–Kier alpha value is -1.83. The topological polar surface area (TPSA) is 125 Å². The van der Waals surface area contributed by atoms with E-state index in [4.69, 9.17) is 9.84 Å². The molecule has 2 aliphatic rings. The fraction of sp³-hybridized carbons (Fsp3) is 0.833. The van der Waals surface area contributed by atoms with Crippen LogP contribution in [0.15, 0.2) is 0 Å². The van der Waals surface area contributed by atoms with Crippen molar-refractivity contribution in [3.05, 3.63) is 0 Å². The average molecular weight is 372 g/mol. The van der Waals surface area contributed by atoms with Gasteiger partial charge in [-0.05, 0) is 58.9 Å².